The van der Waals surface area contributed by atoms with Crippen molar-refractivity contribution in [2.75, 3.05) is 25.5 Å². The molecule has 0 saturated heterocycles. The fourth-order valence-electron chi connectivity index (χ4n) is 1.94. The van der Waals surface area contributed by atoms with Crippen molar-refractivity contribution in [2.45, 2.75) is 0 Å². The number of nitrogens with two attached hydrogens (primary N) is 1. The van der Waals surface area contributed by atoms with E-state index in [4.69, 9.17) is 10.5 Å². The van der Waals surface area contributed by atoms with E-state index >= 15 is 0 Å². The van der Waals surface area contributed by atoms with Crippen LogP contribution in [0.2, 0.25) is 0 Å². The van der Waals surface area contributed by atoms with Crippen LogP contribution in [0.4, 0.5) is 5.69 Å². The fraction of sp³-hybridized carbons (Fsp3) is 0.176. The molecule has 0 aliphatic carbocycles. The van der Waals surface area contributed by atoms with Crippen molar-refractivity contribution in [3.05, 3.63) is 58.6 Å². The lowest BCUT2D eigenvalue weighted by Gasteiger charge is -2.07. The third-order valence-corrected chi connectivity index (χ3v) is 3.62. The van der Waals surface area contributed by atoms with Crippen molar-refractivity contribution in [2.24, 2.45) is 10.7 Å². The Bertz CT molecular complexity index is 717. The highest BCUT2D eigenvalue weighted by Crippen LogP contribution is 2.14. The highest BCUT2D eigenvalue weighted by atomic mass is 79.9. The van der Waals surface area contributed by atoms with Gasteiger partial charge in [0, 0.05) is 22.3 Å². The van der Waals surface area contributed by atoms with Gasteiger partial charge in [0.2, 0.25) is 0 Å². The molecule has 0 saturated carbocycles. The molecule has 2 aromatic rings. The molecule has 0 fully saturated rings. The van der Waals surface area contributed by atoms with Gasteiger partial charge in [0.05, 0.1) is 13.7 Å². The lowest BCUT2D eigenvalue weighted by molar-refractivity contribution is 0.0954. The van der Waals surface area contributed by atoms with E-state index in [-0.39, 0.29) is 11.9 Å². The van der Waals surface area contributed by atoms with E-state index in [1.165, 1.54) is 0 Å². The third-order valence-electron chi connectivity index (χ3n) is 3.13. The number of amides is 1. The second-order valence-corrected chi connectivity index (χ2v) is 5.80. The first-order chi connectivity index (χ1) is 11.6. The molecule has 7 heteroatoms. The van der Waals surface area contributed by atoms with E-state index in [1.807, 2.05) is 36.4 Å². The molecule has 0 radical (unpaired) electrons. The van der Waals surface area contributed by atoms with Crippen LogP contribution in [0, 0.1) is 0 Å². The number of hydrogen-bond donors (Lipinski definition) is 3. The van der Waals surface area contributed by atoms with Crippen molar-refractivity contribution < 1.29 is 9.53 Å². The highest BCUT2D eigenvalue weighted by Gasteiger charge is 2.04. The lowest BCUT2D eigenvalue weighted by atomic mass is 10.2. The molecular weight excluding hydrogens is 372 g/mol. The number of nitrogens with zero attached hydrogens (tertiary/aromatic N) is 1. The summed E-state index contributed by atoms with van der Waals surface area (Å²) in [6.07, 6.45) is 0. The Hall–Kier alpha value is -2.54. The zero-order chi connectivity index (χ0) is 17.4. The minimum absolute atomic E-state index is 0.145. The highest BCUT2D eigenvalue weighted by molar-refractivity contribution is 9.10. The number of anilines is 1. The van der Waals surface area contributed by atoms with Crippen LogP contribution in [0.5, 0.6) is 5.75 Å². The first-order valence-electron chi connectivity index (χ1n) is 7.33. The zero-order valence-corrected chi connectivity index (χ0v) is 14.8. The number of halogens is 1. The predicted molar refractivity (Wildman–Crippen MR) is 99.6 cm³/mol. The molecule has 126 valence electrons. The van der Waals surface area contributed by atoms with Gasteiger partial charge in [0.25, 0.3) is 5.91 Å². The van der Waals surface area contributed by atoms with E-state index in [1.54, 1.807) is 19.2 Å². The van der Waals surface area contributed by atoms with Gasteiger partial charge in [-0.3, -0.25) is 9.79 Å². The van der Waals surface area contributed by atoms with Crippen molar-refractivity contribution >= 4 is 33.5 Å². The van der Waals surface area contributed by atoms with E-state index < -0.39 is 0 Å². The van der Waals surface area contributed by atoms with Gasteiger partial charge in [-0.05, 0) is 42.5 Å². The number of guanidine groups is 1. The van der Waals surface area contributed by atoms with Gasteiger partial charge in [-0.25, -0.2) is 0 Å². The number of carbonyl (C=O) groups is 1. The molecule has 0 aromatic heterocycles. The molecule has 0 unspecified atom stereocenters. The summed E-state index contributed by atoms with van der Waals surface area (Å²) < 4.78 is 5.95. The number of methoxy groups -OCH3 is 1. The summed E-state index contributed by atoms with van der Waals surface area (Å²) >= 11 is 3.34. The first kappa shape index (κ1) is 17.8. The SMILES string of the molecule is COc1ccc(NC(N)=NCCNC(=O)c2cccc(Br)c2)cc1. The molecule has 2 rings (SSSR count). The van der Waals surface area contributed by atoms with E-state index in [9.17, 15) is 4.79 Å². The van der Waals surface area contributed by atoms with Gasteiger partial charge < -0.3 is 21.1 Å². The molecule has 0 aliphatic rings. The molecule has 0 heterocycles. The summed E-state index contributed by atoms with van der Waals surface area (Å²) in [5, 5.41) is 5.77. The summed E-state index contributed by atoms with van der Waals surface area (Å²) in [6.45, 7) is 0.783. The number of carbonyl (C=O) groups excluding carboxylic acids is 1. The average molecular weight is 391 g/mol. The topological polar surface area (TPSA) is 88.7 Å². The number of benzene rings is 2. The largest absolute Gasteiger partial charge is 0.497 e. The smallest absolute Gasteiger partial charge is 0.251 e. The summed E-state index contributed by atoms with van der Waals surface area (Å²) in [5.41, 5.74) is 7.22. The molecule has 0 atom stereocenters. The predicted octanol–water partition coefficient (Wildman–Crippen LogP) is 2.61. The van der Waals surface area contributed by atoms with Crippen molar-refractivity contribution in [1.82, 2.24) is 5.32 Å². The van der Waals surface area contributed by atoms with E-state index in [0.717, 1.165) is 15.9 Å². The molecule has 2 aromatic carbocycles. The minimum atomic E-state index is -0.145. The van der Waals surface area contributed by atoms with Gasteiger partial charge in [-0.2, -0.15) is 0 Å². The van der Waals surface area contributed by atoms with Gasteiger partial charge in [0.1, 0.15) is 5.75 Å². The molecule has 4 N–H and O–H groups in total. The number of rotatable bonds is 6. The minimum Gasteiger partial charge on any atom is -0.497 e. The monoisotopic (exact) mass is 390 g/mol. The van der Waals surface area contributed by atoms with E-state index in [2.05, 4.69) is 31.6 Å². The summed E-state index contributed by atoms with van der Waals surface area (Å²) in [5.74, 6) is 0.913. The van der Waals surface area contributed by atoms with Crippen LogP contribution >= 0.6 is 15.9 Å². The number of aliphatic imine (C=N–C) groups is 1. The molecular formula is C17H19BrN4O2. The Morgan fingerprint density at radius 2 is 2.00 bits per heavy atom. The molecule has 0 spiro atoms. The maximum Gasteiger partial charge on any atom is 0.251 e. The Labute approximate surface area is 149 Å². The van der Waals surface area contributed by atoms with E-state index in [0.29, 0.717) is 18.7 Å². The second kappa shape index (κ2) is 8.93. The van der Waals surface area contributed by atoms with Gasteiger partial charge in [-0.1, -0.05) is 22.0 Å². The average Bonchev–Trinajstić information content (AvgIpc) is 2.59. The Morgan fingerprint density at radius 1 is 1.25 bits per heavy atom. The number of nitrogens with one attached hydrogen (secondary N) is 2. The van der Waals surface area contributed by atoms with Crippen LogP contribution in [0.25, 0.3) is 0 Å². The summed E-state index contributed by atoms with van der Waals surface area (Å²) in [6, 6.07) is 14.5. The first-order valence-corrected chi connectivity index (χ1v) is 8.12. The normalized spacial score (nSPS) is 11.0. The standard InChI is InChI=1S/C17H19BrN4O2/c1-24-15-7-5-14(6-8-15)22-17(19)21-10-9-20-16(23)12-3-2-4-13(18)11-12/h2-8,11H,9-10H2,1H3,(H,20,23)(H3,19,21,22). The maximum atomic E-state index is 12.0. The van der Waals surface area contributed by atoms with Crippen LogP contribution in [-0.4, -0.2) is 32.1 Å². The Morgan fingerprint density at radius 3 is 2.67 bits per heavy atom. The molecule has 0 aliphatic heterocycles. The van der Waals surface area contributed by atoms with Crippen LogP contribution in [0.1, 0.15) is 10.4 Å². The molecule has 0 bridgehead atoms. The fourth-order valence-corrected chi connectivity index (χ4v) is 2.34. The number of ether oxygens (including phenoxy) is 1. The quantitative estimate of drug-likeness (QED) is 0.401. The Kier molecular flexibility index (Phi) is 6.62. The van der Waals surface area contributed by atoms with Crippen LogP contribution in [-0.2, 0) is 0 Å². The van der Waals surface area contributed by atoms with Gasteiger partial charge in [-0.15, -0.1) is 0 Å². The lowest BCUT2D eigenvalue weighted by Crippen LogP contribution is -2.28. The van der Waals surface area contributed by atoms with Crippen molar-refractivity contribution in [3.63, 3.8) is 0 Å². The molecule has 6 nitrogen and oxygen atoms in total. The maximum absolute atomic E-state index is 12.0. The van der Waals surface area contributed by atoms with Crippen molar-refractivity contribution in [3.8, 4) is 5.75 Å². The number of hydrogen-bond acceptors (Lipinski definition) is 3. The molecule has 1 amide bonds. The summed E-state index contributed by atoms with van der Waals surface area (Å²) in [4.78, 5) is 16.1. The van der Waals surface area contributed by atoms with Gasteiger partial charge in [0.15, 0.2) is 5.96 Å². The van der Waals surface area contributed by atoms with Gasteiger partial charge >= 0.3 is 0 Å². The van der Waals surface area contributed by atoms with Crippen LogP contribution in [0.3, 0.4) is 0 Å². The summed E-state index contributed by atoms with van der Waals surface area (Å²) in [7, 11) is 1.61. The Balaban J connectivity index is 1.77. The third kappa shape index (κ3) is 5.58. The zero-order valence-electron chi connectivity index (χ0n) is 13.3. The van der Waals surface area contributed by atoms with Crippen LogP contribution in [0.15, 0.2) is 58.0 Å². The van der Waals surface area contributed by atoms with Crippen molar-refractivity contribution in [1.29, 1.82) is 0 Å². The van der Waals surface area contributed by atoms with Crippen LogP contribution < -0.4 is 21.1 Å². The second-order valence-electron chi connectivity index (χ2n) is 4.89. The molecule has 24 heavy (non-hydrogen) atoms.